The van der Waals surface area contributed by atoms with Crippen molar-refractivity contribution in [3.05, 3.63) is 81.5 Å². The predicted octanol–water partition coefficient (Wildman–Crippen LogP) is 5.42. The highest BCUT2D eigenvalue weighted by Gasteiger charge is 2.23. The molecule has 202 valence electrons. The highest BCUT2D eigenvalue weighted by molar-refractivity contribution is 9.10. The first kappa shape index (κ1) is 28.1. The Bertz CT molecular complexity index is 1260. The summed E-state index contributed by atoms with van der Waals surface area (Å²) in [6.07, 6.45) is 4.56. The number of alkyl halides is 1. The Morgan fingerprint density at radius 3 is 2.58 bits per heavy atom. The number of nitrogen functional groups attached to an aromatic ring is 1. The number of hydrogen-bond acceptors (Lipinski definition) is 5. The van der Waals surface area contributed by atoms with Crippen LogP contribution >= 0.6 is 15.9 Å². The van der Waals surface area contributed by atoms with E-state index >= 15 is 4.39 Å². The number of halogens is 4. The molecule has 1 fully saturated rings. The molecule has 6 nitrogen and oxygen atoms in total. The molecule has 1 aliphatic rings. The van der Waals surface area contributed by atoms with Crippen molar-refractivity contribution >= 4 is 27.7 Å². The molecule has 1 saturated carbocycles. The zero-order valence-corrected chi connectivity index (χ0v) is 22.3. The predicted molar refractivity (Wildman–Crippen MR) is 144 cm³/mol. The normalized spacial score (nSPS) is 18.2. The Balaban J connectivity index is 1.55. The Morgan fingerprint density at radius 1 is 1.13 bits per heavy atom. The van der Waals surface area contributed by atoms with Gasteiger partial charge in [-0.3, -0.25) is 4.79 Å². The maximum Gasteiger partial charge on any atom is 0.254 e. The second-order valence-corrected chi connectivity index (χ2v) is 10.4. The molecule has 0 saturated heterocycles. The highest BCUT2D eigenvalue weighted by Crippen LogP contribution is 2.36. The smallest absolute Gasteiger partial charge is 0.254 e. The number of carbonyl (C=O) groups excluding carboxylic acids is 1. The first-order chi connectivity index (χ1) is 18.2. The van der Waals surface area contributed by atoms with E-state index in [0.717, 1.165) is 31.2 Å². The fraction of sp³-hybridized carbons (Fsp3) is 0.357. The van der Waals surface area contributed by atoms with Gasteiger partial charge in [0.05, 0.1) is 17.7 Å². The molecule has 5 N–H and O–H groups in total. The topological polar surface area (TPSA) is 100 Å². The molecule has 1 amide bonds. The van der Waals surface area contributed by atoms with E-state index in [-0.39, 0.29) is 36.5 Å². The van der Waals surface area contributed by atoms with Crippen LogP contribution in [0.4, 0.5) is 19.0 Å². The Labute approximate surface area is 228 Å². The molecule has 0 aliphatic heterocycles. The molecule has 1 aromatic heterocycles. The average Bonchev–Trinajstić information content (AvgIpc) is 2.88. The van der Waals surface area contributed by atoms with Crippen LogP contribution in [0.15, 0.2) is 53.1 Å². The Morgan fingerprint density at radius 2 is 1.89 bits per heavy atom. The molecule has 0 unspecified atom stereocenters. The standard InChI is InChI=1S/C28H30BrF3N4O2/c29-20-9-18(10-21(31)13-20)26(15-34-8-7-30)36-28(38)23-6-3-17(12-25(23)32)24-11-19(14-35-27(24)33)16-1-4-22(37)5-2-16/h3,6,9-14,16,22,26,34,37H,1-2,4-5,7-8,15H2,(H2,33,35)(H,36,38)/t16?,22?,26-/m1/s1. The third kappa shape index (κ3) is 6.92. The van der Waals surface area contributed by atoms with E-state index in [2.05, 4.69) is 31.5 Å². The summed E-state index contributed by atoms with van der Waals surface area (Å²) in [4.78, 5) is 17.3. The van der Waals surface area contributed by atoms with Crippen molar-refractivity contribution in [2.45, 2.75) is 43.7 Å². The van der Waals surface area contributed by atoms with Crippen molar-refractivity contribution in [2.24, 2.45) is 0 Å². The van der Waals surface area contributed by atoms with Crippen LogP contribution in [-0.4, -0.2) is 41.9 Å². The summed E-state index contributed by atoms with van der Waals surface area (Å²) in [5.74, 6) is -1.46. The van der Waals surface area contributed by atoms with Crippen LogP contribution < -0.4 is 16.4 Å². The zero-order chi connectivity index (χ0) is 27.2. The number of aromatic nitrogens is 1. The van der Waals surface area contributed by atoms with E-state index in [1.54, 1.807) is 18.3 Å². The van der Waals surface area contributed by atoms with Gasteiger partial charge in [-0.05, 0) is 84.7 Å². The monoisotopic (exact) mass is 590 g/mol. The molecule has 10 heteroatoms. The maximum absolute atomic E-state index is 15.2. The SMILES string of the molecule is Nc1ncc(C2CCC(O)CC2)cc1-c1ccc(C(=O)N[C@H](CNCCF)c2cc(F)cc(Br)c2)c(F)c1. The van der Waals surface area contributed by atoms with E-state index in [1.165, 1.54) is 24.3 Å². The minimum atomic E-state index is -0.749. The summed E-state index contributed by atoms with van der Waals surface area (Å²) in [5, 5.41) is 15.4. The third-order valence-corrected chi connectivity index (χ3v) is 7.30. The molecule has 38 heavy (non-hydrogen) atoms. The number of rotatable bonds is 9. The molecule has 1 atom stereocenters. The van der Waals surface area contributed by atoms with Crippen LogP contribution in [0.5, 0.6) is 0 Å². The fourth-order valence-corrected chi connectivity index (χ4v) is 5.28. The number of nitrogens with one attached hydrogen (secondary N) is 2. The lowest BCUT2D eigenvalue weighted by Crippen LogP contribution is -2.36. The number of carbonyl (C=O) groups is 1. The van der Waals surface area contributed by atoms with Crippen LogP contribution in [0, 0.1) is 11.6 Å². The van der Waals surface area contributed by atoms with Crippen LogP contribution in [0.25, 0.3) is 11.1 Å². The quantitative estimate of drug-likeness (QED) is 0.249. The zero-order valence-electron chi connectivity index (χ0n) is 20.7. The van der Waals surface area contributed by atoms with Crippen molar-refractivity contribution in [3.8, 4) is 11.1 Å². The number of anilines is 1. The van der Waals surface area contributed by atoms with Gasteiger partial charge in [0.2, 0.25) is 0 Å². The van der Waals surface area contributed by atoms with Gasteiger partial charge in [-0.15, -0.1) is 0 Å². The third-order valence-electron chi connectivity index (χ3n) is 6.84. The molecule has 0 radical (unpaired) electrons. The number of benzene rings is 2. The molecule has 1 heterocycles. The van der Waals surface area contributed by atoms with Crippen LogP contribution in [0.1, 0.15) is 59.1 Å². The van der Waals surface area contributed by atoms with E-state index < -0.39 is 30.3 Å². The van der Waals surface area contributed by atoms with Crippen molar-refractivity contribution < 1.29 is 23.1 Å². The fourth-order valence-electron chi connectivity index (χ4n) is 4.80. The summed E-state index contributed by atoms with van der Waals surface area (Å²) in [6.45, 7) is -0.425. The average molecular weight is 591 g/mol. The van der Waals surface area contributed by atoms with E-state index in [9.17, 15) is 18.7 Å². The van der Waals surface area contributed by atoms with Gasteiger partial charge in [-0.1, -0.05) is 22.0 Å². The van der Waals surface area contributed by atoms with Gasteiger partial charge >= 0.3 is 0 Å². The maximum atomic E-state index is 15.2. The number of aliphatic hydroxyl groups is 1. The molecule has 2 aromatic carbocycles. The van der Waals surface area contributed by atoms with Gasteiger partial charge < -0.3 is 21.5 Å². The van der Waals surface area contributed by atoms with Crippen LogP contribution in [-0.2, 0) is 0 Å². The first-order valence-corrected chi connectivity index (χ1v) is 13.3. The molecular formula is C28H30BrF3N4O2. The summed E-state index contributed by atoms with van der Waals surface area (Å²) in [5.41, 5.74) is 8.40. The lowest BCUT2D eigenvalue weighted by atomic mass is 9.83. The molecule has 0 spiro atoms. The number of pyridine rings is 1. The second-order valence-electron chi connectivity index (χ2n) is 9.52. The number of amides is 1. The Kier molecular flexibility index (Phi) is 9.40. The van der Waals surface area contributed by atoms with E-state index in [1.807, 2.05) is 6.07 Å². The number of nitrogens with two attached hydrogens (primary N) is 1. The molecule has 1 aliphatic carbocycles. The van der Waals surface area contributed by atoms with Crippen molar-refractivity contribution in [1.82, 2.24) is 15.6 Å². The van der Waals surface area contributed by atoms with Gasteiger partial charge in [0.15, 0.2) is 0 Å². The highest BCUT2D eigenvalue weighted by atomic mass is 79.9. The Hall–Kier alpha value is -2.95. The molecule has 3 aromatic rings. The summed E-state index contributed by atoms with van der Waals surface area (Å²) in [6, 6.07) is 9.57. The lowest BCUT2D eigenvalue weighted by Gasteiger charge is -2.26. The molecule has 4 rings (SSSR count). The van der Waals surface area contributed by atoms with Crippen LogP contribution in [0.2, 0.25) is 0 Å². The van der Waals surface area contributed by atoms with Gasteiger partial charge in [0.25, 0.3) is 5.91 Å². The minimum Gasteiger partial charge on any atom is -0.393 e. The number of hydrogen-bond donors (Lipinski definition) is 4. The van der Waals surface area contributed by atoms with E-state index in [0.29, 0.717) is 21.2 Å². The van der Waals surface area contributed by atoms with Crippen molar-refractivity contribution in [1.29, 1.82) is 0 Å². The molecular weight excluding hydrogens is 561 g/mol. The first-order valence-electron chi connectivity index (χ1n) is 12.5. The van der Waals surface area contributed by atoms with Crippen molar-refractivity contribution in [3.63, 3.8) is 0 Å². The van der Waals surface area contributed by atoms with Crippen LogP contribution in [0.3, 0.4) is 0 Å². The minimum absolute atomic E-state index is 0.0574. The van der Waals surface area contributed by atoms with Crippen molar-refractivity contribution in [2.75, 3.05) is 25.5 Å². The van der Waals surface area contributed by atoms with Gasteiger partial charge in [0, 0.05) is 29.3 Å². The summed E-state index contributed by atoms with van der Waals surface area (Å²) in [7, 11) is 0. The van der Waals surface area contributed by atoms with Gasteiger partial charge in [-0.2, -0.15) is 0 Å². The molecule has 0 bridgehead atoms. The van der Waals surface area contributed by atoms with Gasteiger partial charge in [-0.25, -0.2) is 18.2 Å². The van der Waals surface area contributed by atoms with E-state index in [4.69, 9.17) is 5.73 Å². The number of aliphatic hydroxyl groups excluding tert-OH is 1. The summed E-state index contributed by atoms with van der Waals surface area (Å²) >= 11 is 3.24. The summed E-state index contributed by atoms with van der Waals surface area (Å²) < 4.78 is 42.3. The lowest BCUT2D eigenvalue weighted by molar-refractivity contribution is 0.0932. The number of nitrogens with zero attached hydrogens (tertiary/aromatic N) is 1. The largest absolute Gasteiger partial charge is 0.393 e. The van der Waals surface area contributed by atoms with Gasteiger partial charge in [0.1, 0.15) is 24.1 Å². The second kappa shape index (κ2) is 12.7.